The Hall–Kier alpha value is -1.47. The zero-order valence-electron chi connectivity index (χ0n) is 7.85. The number of rotatable bonds is 4. The van der Waals surface area contributed by atoms with Crippen molar-refractivity contribution in [2.75, 3.05) is 0 Å². The van der Waals surface area contributed by atoms with E-state index < -0.39 is 12.5 Å². The Morgan fingerprint density at radius 1 is 1.64 bits per heavy atom. The van der Waals surface area contributed by atoms with E-state index in [0.717, 1.165) is 0 Å². The topological polar surface area (TPSA) is 97.5 Å². The molecule has 1 rings (SSSR count). The fourth-order valence-electron chi connectivity index (χ4n) is 0.702. The Labute approximate surface area is 80.0 Å². The SMILES string of the molecule is CC(C)ONC(=O)c1nonc1CO. The molecule has 0 saturated carbocycles. The minimum atomic E-state index is -0.594. The van der Waals surface area contributed by atoms with Gasteiger partial charge in [-0.15, -0.1) is 0 Å². The number of hydrogen-bond acceptors (Lipinski definition) is 6. The average Bonchev–Trinajstić information content (AvgIpc) is 2.61. The quantitative estimate of drug-likeness (QED) is 0.645. The molecule has 0 radical (unpaired) electrons. The molecular formula is C7H11N3O4. The fraction of sp³-hybridized carbons (Fsp3) is 0.571. The second-order valence-electron chi connectivity index (χ2n) is 2.82. The van der Waals surface area contributed by atoms with Crippen molar-refractivity contribution >= 4 is 5.91 Å². The molecule has 0 bridgehead atoms. The van der Waals surface area contributed by atoms with Gasteiger partial charge in [-0.3, -0.25) is 9.63 Å². The maximum absolute atomic E-state index is 11.3. The van der Waals surface area contributed by atoms with Crippen molar-refractivity contribution in [3.05, 3.63) is 11.4 Å². The molecule has 0 atom stereocenters. The number of aromatic nitrogens is 2. The molecule has 0 unspecified atom stereocenters. The number of aliphatic hydroxyl groups is 1. The van der Waals surface area contributed by atoms with Gasteiger partial charge in [0.05, 0.1) is 12.7 Å². The first kappa shape index (κ1) is 10.6. The Kier molecular flexibility index (Phi) is 3.55. The van der Waals surface area contributed by atoms with E-state index in [2.05, 4.69) is 20.4 Å². The Morgan fingerprint density at radius 2 is 2.36 bits per heavy atom. The summed E-state index contributed by atoms with van der Waals surface area (Å²) in [5.74, 6) is -0.594. The van der Waals surface area contributed by atoms with Crippen molar-refractivity contribution in [1.82, 2.24) is 15.8 Å². The zero-order valence-corrected chi connectivity index (χ0v) is 7.85. The van der Waals surface area contributed by atoms with Gasteiger partial charge in [0, 0.05) is 0 Å². The van der Waals surface area contributed by atoms with Crippen LogP contribution in [-0.2, 0) is 11.4 Å². The smallest absolute Gasteiger partial charge is 0.299 e. The third-order valence-electron chi connectivity index (χ3n) is 1.31. The highest BCUT2D eigenvalue weighted by molar-refractivity contribution is 5.92. The summed E-state index contributed by atoms with van der Waals surface area (Å²) < 4.78 is 4.29. The lowest BCUT2D eigenvalue weighted by Gasteiger charge is -2.06. The van der Waals surface area contributed by atoms with Gasteiger partial charge < -0.3 is 5.11 Å². The molecule has 7 nitrogen and oxygen atoms in total. The van der Waals surface area contributed by atoms with E-state index in [0.29, 0.717) is 0 Å². The molecule has 0 aromatic carbocycles. The summed E-state index contributed by atoms with van der Waals surface area (Å²) in [4.78, 5) is 16.1. The van der Waals surface area contributed by atoms with Gasteiger partial charge in [0.15, 0.2) is 5.69 Å². The molecule has 2 N–H and O–H groups in total. The van der Waals surface area contributed by atoms with Crippen LogP contribution in [0.4, 0.5) is 0 Å². The Balaban J connectivity index is 2.60. The molecule has 0 aliphatic heterocycles. The number of nitrogens with one attached hydrogen (secondary N) is 1. The van der Waals surface area contributed by atoms with Gasteiger partial charge in [0.1, 0.15) is 5.69 Å². The Bertz CT molecular complexity index is 310. The summed E-state index contributed by atoms with van der Waals surface area (Å²) in [5, 5.41) is 15.4. The van der Waals surface area contributed by atoms with Crippen molar-refractivity contribution in [2.24, 2.45) is 0 Å². The third kappa shape index (κ3) is 2.51. The highest BCUT2D eigenvalue weighted by Gasteiger charge is 2.17. The minimum Gasteiger partial charge on any atom is -0.390 e. The molecule has 0 aliphatic carbocycles. The monoisotopic (exact) mass is 201 g/mol. The molecule has 1 aromatic rings. The summed E-state index contributed by atoms with van der Waals surface area (Å²) in [7, 11) is 0. The van der Waals surface area contributed by atoms with E-state index >= 15 is 0 Å². The van der Waals surface area contributed by atoms with Gasteiger partial charge >= 0.3 is 0 Å². The van der Waals surface area contributed by atoms with Crippen molar-refractivity contribution < 1.29 is 19.4 Å². The first-order valence-electron chi connectivity index (χ1n) is 4.03. The van der Waals surface area contributed by atoms with E-state index in [1.807, 2.05) is 0 Å². The van der Waals surface area contributed by atoms with Crippen molar-refractivity contribution in [3.63, 3.8) is 0 Å². The van der Waals surface area contributed by atoms with Gasteiger partial charge in [-0.1, -0.05) is 5.16 Å². The van der Waals surface area contributed by atoms with Gasteiger partial charge in [0.2, 0.25) is 0 Å². The number of hydrogen-bond donors (Lipinski definition) is 2. The normalized spacial score (nSPS) is 10.6. The molecule has 1 aromatic heterocycles. The molecule has 14 heavy (non-hydrogen) atoms. The molecule has 78 valence electrons. The van der Waals surface area contributed by atoms with Gasteiger partial charge in [0.25, 0.3) is 5.91 Å². The molecule has 0 saturated heterocycles. The van der Waals surface area contributed by atoms with Crippen molar-refractivity contribution in [3.8, 4) is 0 Å². The minimum absolute atomic E-state index is 0.0758. The summed E-state index contributed by atoms with van der Waals surface area (Å²) in [6, 6.07) is 0. The summed E-state index contributed by atoms with van der Waals surface area (Å²) in [6.07, 6.45) is -0.142. The second kappa shape index (κ2) is 4.68. The van der Waals surface area contributed by atoms with Crippen LogP contribution >= 0.6 is 0 Å². The van der Waals surface area contributed by atoms with Crippen LogP contribution < -0.4 is 5.48 Å². The van der Waals surface area contributed by atoms with Crippen LogP contribution in [0.5, 0.6) is 0 Å². The van der Waals surface area contributed by atoms with E-state index in [1.54, 1.807) is 13.8 Å². The molecule has 1 amide bonds. The van der Waals surface area contributed by atoms with Crippen LogP contribution in [0.25, 0.3) is 0 Å². The van der Waals surface area contributed by atoms with E-state index in [1.165, 1.54) is 0 Å². The molecule has 0 aliphatic rings. The number of aliphatic hydroxyl groups excluding tert-OH is 1. The molecule has 0 fully saturated rings. The van der Waals surface area contributed by atoms with Crippen LogP contribution in [0.3, 0.4) is 0 Å². The molecule has 1 heterocycles. The van der Waals surface area contributed by atoms with E-state index in [9.17, 15) is 4.79 Å². The maximum atomic E-state index is 11.3. The lowest BCUT2D eigenvalue weighted by molar-refractivity contribution is -0.000475. The van der Waals surface area contributed by atoms with Gasteiger partial charge in [-0.25, -0.2) is 10.1 Å². The molecule has 0 spiro atoms. The van der Waals surface area contributed by atoms with Crippen molar-refractivity contribution in [2.45, 2.75) is 26.6 Å². The summed E-state index contributed by atoms with van der Waals surface area (Å²) in [6.45, 7) is 3.11. The summed E-state index contributed by atoms with van der Waals surface area (Å²) in [5.41, 5.74) is 2.15. The highest BCUT2D eigenvalue weighted by Crippen LogP contribution is 2.02. The van der Waals surface area contributed by atoms with Crippen LogP contribution in [0.2, 0.25) is 0 Å². The molecular weight excluding hydrogens is 190 g/mol. The lowest BCUT2D eigenvalue weighted by atomic mass is 10.3. The second-order valence-corrected chi connectivity index (χ2v) is 2.82. The Morgan fingerprint density at radius 3 is 2.93 bits per heavy atom. The van der Waals surface area contributed by atoms with Gasteiger partial charge in [-0.2, -0.15) is 0 Å². The predicted molar refractivity (Wildman–Crippen MR) is 43.9 cm³/mol. The third-order valence-corrected chi connectivity index (χ3v) is 1.31. The predicted octanol–water partition coefficient (Wildman–Crippen LogP) is -0.368. The van der Waals surface area contributed by atoms with Crippen LogP contribution in [0, 0.1) is 0 Å². The lowest BCUT2D eigenvalue weighted by Crippen LogP contribution is -2.28. The van der Waals surface area contributed by atoms with Crippen LogP contribution in [0.1, 0.15) is 30.0 Å². The fourth-order valence-corrected chi connectivity index (χ4v) is 0.702. The summed E-state index contributed by atoms with van der Waals surface area (Å²) >= 11 is 0. The van der Waals surface area contributed by atoms with E-state index in [4.69, 9.17) is 9.94 Å². The maximum Gasteiger partial charge on any atom is 0.299 e. The van der Waals surface area contributed by atoms with Crippen LogP contribution in [-0.4, -0.2) is 27.4 Å². The standard InChI is InChI=1S/C7H11N3O4/c1-4(2)13-10-7(12)6-5(3-11)8-14-9-6/h4,11H,3H2,1-2H3,(H,10,12). The number of amides is 1. The number of carbonyl (C=O) groups is 1. The average molecular weight is 201 g/mol. The van der Waals surface area contributed by atoms with E-state index in [-0.39, 0.29) is 17.5 Å². The number of nitrogens with zero attached hydrogens (tertiary/aromatic N) is 2. The first-order chi connectivity index (χ1) is 6.65. The number of carbonyl (C=O) groups excluding carboxylic acids is 1. The largest absolute Gasteiger partial charge is 0.390 e. The molecule has 7 heteroatoms. The highest BCUT2D eigenvalue weighted by atomic mass is 16.7. The zero-order chi connectivity index (χ0) is 10.6. The van der Waals surface area contributed by atoms with Crippen LogP contribution in [0.15, 0.2) is 4.63 Å². The van der Waals surface area contributed by atoms with Crippen molar-refractivity contribution in [1.29, 1.82) is 0 Å². The first-order valence-corrected chi connectivity index (χ1v) is 4.03. The van der Waals surface area contributed by atoms with Gasteiger partial charge in [-0.05, 0) is 19.0 Å². The number of hydroxylamine groups is 1.